The summed E-state index contributed by atoms with van der Waals surface area (Å²) in [5.41, 5.74) is 6.72. The van der Waals surface area contributed by atoms with E-state index in [1.807, 2.05) is 32.0 Å². The number of carbonyl (C=O) groups is 2. The maximum Gasteiger partial charge on any atom is 0.276 e. The van der Waals surface area contributed by atoms with Crippen LogP contribution in [0.25, 0.3) is 0 Å². The molecule has 9 heteroatoms. The molecule has 0 saturated heterocycles. The van der Waals surface area contributed by atoms with E-state index in [0.29, 0.717) is 17.2 Å². The molecule has 0 aliphatic rings. The molecule has 3 N–H and O–H groups in total. The number of ether oxygens (including phenoxy) is 3. The van der Waals surface area contributed by atoms with E-state index in [1.54, 1.807) is 24.3 Å². The smallest absolute Gasteiger partial charge is 0.276 e. The van der Waals surface area contributed by atoms with Crippen LogP contribution in [-0.4, -0.2) is 37.3 Å². The van der Waals surface area contributed by atoms with Gasteiger partial charge < -0.3 is 14.2 Å². The lowest BCUT2D eigenvalue weighted by Crippen LogP contribution is -2.50. The van der Waals surface area contributed by atoms with Crippen molar-refractivity contribution >= 4 is 29.1 Å². The van der Waals surface area contributed by atoms with Crippen LogP contribution in [0.15, 0.2) is 42.5 Å². The number of methoxy groups -OCH3 is 1. The number of aryl methyl sites for hydroxylation is 2. The number of rotatable bonds is 7. The molecule has 2 aromatic rings. The number of nitrogens with one attached hydrogen (secondary N) is 3. The van der Waals surface area contributed by atoms with E-state index < -0.39 is 11.8 Å². The molecular weight excluding hydrogens is 394 g/mol. The van der Waals surface area contributed by atoms with E-state index in [2.05, 4.69) is 16.2 Å². The predicted molar refractivity (Wildman–Crippen MR) is 112 cm³/mol. The quantitative estimate of drug-likeness (QED) is 0.467. The van der Waals surface area contributed by atoms with Crippen molar-refractivity contribution in [3.63, 3.8) is 0 Å². The Morgan fingerprint density at radius 2 is 1.55 bits per heavy atom. The van der Waals surface area contributed by atoms with Gasteiger partial charge in [0, 0.05) is 0 Å². The molecule has 0 bridgehead atoms. The highest BCUT2D eigenvalue weighted by atomic mass is 32.1. The molecule has 0 fully saturated rings. The molecule has 154 valence electrons. The van der Waals surface area contributed by atoms with E-state index in [-0.39, 0.29) is 18.3 Å². The first-order chi connectivity index (χ1) is 13.9. The second kappa shape index (κ2) is 10.9. The monoisotopic (exact) mass is 417 g/mol. The second-order valence-corrected chi connectivity index (χ2v) is 6.46. The Labute approximate surface area is 174 Å². The van der Waals surface area contributed by atoms with Gasteiger partial charge in [-0.1, -0.05) is 24.3 Å². The summed E-state index contributed by atoms with van der Waals surface area (Å²) in [6, 6.07) is 12.7. The highest BCUT2D eigenvalue weighted by Gasteiger charge is 2.10. The number of hydrogen-bond donors (Lipinski definition) is 3. The lowest BCUT2D eigenvalue weighted by Gasteiger charge is -2.13. The summed E-state index contributed by atoms with van der Waals surface area (Å²) < 4.78 is 16.0. The Kier molecular flexibility index (Phi) is 8.23. The minimum Gasteiger partial charge on any atom is -0.493 e. The summed E-state index contributed by atoms with van der Waals surface area (Å²) in [6.45, 7) is 3.35. The first-order valence-electron chi connectivity index (χ1n) is 8.73. The molecule has 2 amide bonds. The van der Waals surface area contributed by atoms with E-state index in [1.165, 1.54) is 7.11 Å². The van der Waals surface area contributed by atoms with E-state index >= 15 is 0 Å². The average molecular weight is 417 g/mol. The zero-order valence-electron chi connectivity index (χ0n) is 16.4. The van der Waals surface area contributed by atoms with E-state index in [4.69, 9.17) is 26.4 Å². The molecule has 0 aromatic heterocycles. The Morgan fingerprint density at radius 1 is 0.897 bits per heavy atom. The number of thiocarbonyl (C=S) groups is 1. The number of benzene rings is 2. The van der Waals surface area contributed by atoms with Gasteiger partial charge in [0.15, 0.2) is 29.8 Å². The molecular formula is C20H23N3O5S. The van der Waals surface area contributed by atoms with Gasteiger partial charge in [0.25, 0.3) is 11.8 Å². The standard InChI is InChI=1S/C20H23N3O5S/c1-13-8-9-14(2)17(10-13)28-11-18(24)21-20(29)23-22-19(25)12-27-16-7-5-4-6-15(16)26-3/h4-10H,11-12H2,1-3H3,(H,22,25)(H2,21,23,24,29). The minimum atomic E-state index is -0.487. The average Bonchev–Trinajstić information content (AvgIpc) is 2.71. The molecule has 0 atom stereocenters. The van der Waals surface area contributed by atoms with Gasteiger partial charge in [-0.25, -0.2) is 0 Å². The Hall–Kier alpha value is -3.33. The molecule has 0 aliphatic heterocycles. The zero-order valence-corrected chi connectivity index (χ0v) is 17.2. The number of carbonyl (C=O) groups excluding carboxylic acids is 2. The van der Waals surface area contributed by atoms with Crippen LogP contribution < -0.4 is 30.4 Å². The van der Waals surface area contributed by atoms with Gasteiger partial charge in [-0.05, 0) is 55.4 Å². The van der Waals surface area contributed by atoms with Gasteiger partial charge in [-0.2, -0.15) is 0 Å². The lowest BCUT2D eigenvalue weighted by atomic mass is 10.1. The van der Waals surface area contributed by atoms with Crippen LogP contribution >= 0.6 is 12.2 Å². The molecule has 0 radical (unpaired) electrons. The van der Waals surface area contributed by atoms with Crippen LogP contribution in [0.4, 0.5) is 0 Å². The third-order valence-corrected chi connectivity index (χ3v) is 3.90. The summed E-state index contributed by atoms with van der Waals surface area (Å²) in [7, 11) is 1.51. The van der Waals surface area contributed by atoms with Gasteiger partial charge in [0.2, 0.25) is 0 Å². The number of hydrogen-bond acceptors (Lipinski definition) is 6. The topological polar surface area (TPSA) is 97.9 Å². The maximum absolute atomic E-state index is 11.9. The normalized spacial score (nSPS) is 9.90. The van der Waals surface area contributed by atoms with Crippen molar-refractivity contribution in [2.75, 3.05) is 20.3 Å². The Morgan fingerprint density at radius 3 is 2.28 bits per heavy atom. The fraction of sp³-hybridized carbons (Fsp3) is 0.250. The molecule has 8 nitrogen and oxygen atoms in total. The first-order valence-corrected chi connectivity index (χ1v) is 9.14. The van der Waals surface area contributed by atoms with Crippen molar-refractivity contribution in [3.05, 3.63) is 53.6 Å². The van der Waals surface area contributed by atoms with Gasteiger partial charge in [0.05, 0.1) is 7.11 Å². The summed E-state index contributed by atoms with van der Waals surface area (Å²) in [5, 5.41) is 2.35. The van der Waals surface area contributed by atoms with Crippen molar-refractivity contribution in [2.24, 2.45) is 0 Å². The van der Waals surface area contributed by atoms with E-state index in [0.717, 1.165) is 11.1 Å². The van der Waals surface area contributed by atoms with Crippen molar-refractivity contribution in [2.45, 2.75) is 13.8 Å². The van der Waals surface area contributed by atoms with Crippen LogP contribution in [0.1, 0.15) is 11.1 Å². The first kappa shape index (κ1) is 22.0. The van der Waals surface area contributed by atoms with E-state index in [9.17, 15) is 9.59 Å². The fourth-order valence-electron chi connectivity index (χ4n) is 2.24. The molecule has 2 aromatic carbocycles. The number of hydrazine groups is 1. The summed E-state index contributed by atoms with van der Waals surface area (Å²) >= 11 is 4.97. The number of para-hydroxylation sites is 2. The van der Waals surface area contributed by atoms with Gasteiger partial charge >= 0.3 is 0 Å². The van der Waals surface area contributed by atoms with Crippen LogP contribution in [0.5, 0.6) is 17.2 Å². The Bertz CT molecular complexity index is 888. The van der Waals surface area contributed by atoms with Crippen molar-refractivity contribution < 1.29 is 23.8 Å². The molecule has 0 aliphatic carbocycles. The zero-order chi connectivity index (χ0) is 21.2. The summed E-state index contributed by atoms with van der Waals surface area (Å²) in [6.07, 6.45) is 0. The molecule has 2 rings (SSSR count). The maximum atomic E-state index is 11.9. The third kappa shape index (κ3) is 7.30. The van der Waals surface area contributed by atoms with Crippen LogP contribution in [0, 0.1) is 13.8 Å². The second-order valence-electron chi connectivity index (χ2n) is 6.05. The predicted octanol–water partition coefficient (Wildman–Crippen LogP) is 1.79. The van der Waals surface area contributed by atoms with Gasteiger partial charge in [-0.15, -0.1) is 0 Å². The molecule has 29 heavy (non-hydrogen) atoms. The van der Waals surface area contributed by atoms with Crippen LogP contribution in [-0.2, 0) is 9.59 Å². The van der Waals surface area contributed by atoms with Crippen molar-refractivity contribution in [3.8, 4) is 17.2 Å². The van der Waals surface area contributed by atoms with Crippen molar-refractivity contribution in [1.29, 1.82) is 0 Å². The highest BCUT2D eigenvalue weighted by Crippen LogP contribution is 2.25. The van der Waals surface area contributed by atoms with Crippen LogP contribution in [0.3, 0.4) is 0 Å². The third-order valence-electron chi connectivity index (χ3n) is 3.70. The summed E-state index contributed by atoms with van der Waals surface area (Å²) in [4.78, 5) is 23.8. The minimum absolute atomic E-state index is 0.0646. The summed E-state index contributed by atoms with van der Waals surface area (Å²) in [5.74, 6) is 0.632. The largest absolute Gasteiger partial charge is 0.493 e. The Balaban J connectivity index is 1.69. The van der Waals surface area contributed by atoms with Gasteiger partial charge in [0.1, 0.15) is 5.75 Å². The molecule has 0 spiro atoms. The number of amides is 2. The van der Waals surface area contributed by atoms with Crippen molar-refractivity contribution in [1.82, 2.24) is 16.2 Å². The molecule has 0 unspecified atom stereocenters. The SMILES string of the molecule is COc1ccccc1OCC(=O)NNC(=S)NC(=O)COc1cc(C)ccc1C. The van der Waals surface area contributed by atoms with Crippen LogP contribution in [0.2, 0.25) is 0 Å². The lowest BCUT2D eigenvalue weighted by molar-refractivity contribution is -0.124. The highest BCUT2D eigenvalue weighted by molar-refractivity contribution is 7.80. The van der Waals surface area contributed by atoms with Gasteiger partial charge in [-0.3, -0.25) is 25.8 Å². The fourth-order valence-corrected chi connectivity index (χ4v) is 2.41. The molecule has 0 heterocycles. The molecule has 0 saturated carbocycles.